The first-order valence-electron chi connectivity index (χ1n) is 6.96. The van der Waals surface area contributed by atoms with E-state index in [0.29, 0.717) is 12.0 Å². The van der Waals surface area contributed by atoms with E-state index >= 15 is 0 Å². The number of amides is 2. The fourth-order valence-electron chi connectivity index (χ4n) is 2.75. The van der Waals surface area contributed by atoms with Crippen LogP contribution in [0.1, 0.15) is 61.9 Å². The molecule has 1 aromatic carbocycles. The Morgan fingerprint density at radius 1 is 1.15 bits per heavy atom. The van der Waals surface area contributed by atoms with Gasteiger partial charge in [0.15, 0.2) is 0 Å². The first kappa shape index (κ1) is 16.2. The fourth-order valence-corrected chi connectivity index (χ4v) is 2.75. The minimum atomic E-state index is -0.431. The number of hydrogen-bond donors (Lipinski definition) is 2. The number of hydrogen-bond acceptors (Lipinski definition) is 2. The third kappa shape index (κ3) is 4.08. The molecule has 20 heavy (non-hydrogen) atoms. The Labute approximate surface area is 120 Å². The number of carbonyl (C=O) groups excluding carboxylic acids is 2. The lowest BCUT2D eigenvalue weighted by Gasteiger charge is -2.34. The molecule has 0 saturated heterocycles. The molecule has 4 N–H and O–H groups in total. The van der Waals surface area contributed by atoms with Gasteiger partial charge in [-0.3, -0.25) is 9.59 Å². The molecule has 0 saturated carbocycles. The average Bonchev–Trinajstić information content (AvgIpc) is 2.34. The van der Waals surface area contributed by atoms with Crippen LogP contribution >= 0.6 is 0 Å². The van der Waals surface area contributed by atoms with Crippen LogP contribution in [0.25, 0.3) is 0 Å². The summed E-state index contributed by atoms with van der Waals surface area (Å²) >= 11 is 0. The zero-order valence-electron chi connectivity index (χ0n) is 12.5. The van der Waals surface area contributed by atoms with Gasteiger partial charge in [0.25, 0.3) is 0 Å². The summed E-state index contributed by atoms with van der Waals surface area (Å²) in [5.41, 5.74) is 12.0. The largest absolute Gasteiger partial charge is 0.370 e. The van der Waals surface area contributed by atoms with Gasteiger partial charge in [-0.1, -0.05) is 39.3 Å². The Balaban J connectivity index is 3.06. The van der Waals surface area contributed by atoms with Gasteiger partial charge >= 0.3 is 0 Å². The van der Waals surface area contributed by atoms with Gasteiger partial charge < -0.3 is 11.5 Å². The summed E-state index contributed by atoms with van der Waals surface area (Å²) in [7, 11) is 0. The Morgan fingerprint density at radius 2 is 1.70 bits per heavy atom. The molecule has 0 spiro atoms. The lowest BCUT2D eigenvalue weighted by molar-refractivity contribution is -0.120. The molecule has 1 aromatic rings. The molecular weight excluding hydrogens is 252 g/mol. The highest BCUT2D eigenvalue weighted by Crippen LogP contribution is 2.41. The summed E-state index contributed by atoms with van der Waals surface area (Å²) in [6.07, 6.45) is 2.33. The van der Waals surface area contributed by atoms with Crippen LogP contribution in [-0.2, 0) is 4.79 Å². The van der Waals surface area contributed by atoms with E-state index in [2.05, 4.69) is 20.8 Å². The molecular formula is C16H24N2O2. The van der Waals surface area contributed by atoms with Crippen LogP contribution < -0.4 is 11.5 Å². The van der Waals surface area contributed by atoms with Crippen LogP contribution in [0.4, 0.5) is 0 Å². The number of benzene rings is 1. The number of primary amides is 2. The summed E-state index contributed by atoms with van der Waals surface area (Å²) < 4.78 is 0. The van der Waals surface area contributed by atoms with Crippen molar-refractivity contribution < 1.29 is 9.59 Å². The molecule has 0 bridgehead atoms. The summed E-state index contributed by atoms with van der Waals surface area (Å²) in [4.78, 5) is 22.4. The monoisotopic (exact) mass is 276 g/mol. The number of rotatable bonds is 7. The predicted octanol–water partition coefficient (Wildman–Crippen LogP) is 2.57. The third-order valence-corrected chi connectivity index (χ3v) is 3.75. The van der Waals surface area contributed by atoms with E-state index in [1.165, 1.54) is 0 Å². The number of nitrogens with two attached hydrogens (primary N) is 2. The zero-order chi connectivity index (χ0) is 15.3. The standard InChI is InChI=1S/C16H24N2O2/c1-4-5-13(16(2,3)10-14(17)19)11-6-8-12(9-7-11)15(18)20/h6-9,13H,4-5,10H2,1-3H3,(H2,17,19)(H2,18,20). The normalized spacial score (nSPS) is 12.9. The second-order valence-corrected chi connectivity index (χ2v) is 5.96. The maximum Gasteiger partial charge on any atom is 0.248 e. The van der Waals surface area contributed by atoms with Crippen LogP contribution in [0.15, 0.2) is 24.3 Å². The van der Waals surface area contributed by atoms with Gasteiger partial charge in [0.05, 0.1) is 0 Å². The van der Waals surface area contributed by atoms with Crippen molar-refractivity contribution >= 4 is 11.8 Å². The summed E-state index contributed by atoms with van der Waals surface area (Å²) in [5, 5.41) is 0. The van der Waals surface area contributed by atoms with Crippen LogP contribution in [0, 0.1) is 5.41 Å². The van der Waals surface area contributed by atoms with E-state index in [1.54, 1.807) is 12.1 Å². The molecule has 0 heterocycles. The first-order chi connectivity index (χ1) is 9.27. The Hall–Kier alpha value is -1.84. The predicted molar refractivity (Wildman–Crippen MR) is 80.2 cm³/mol. The van der Waals surface area contributed by atoms with Crippen LogP contribution in [0.3, 0.4) is 0 Å². The van der Waals surface area contributed by atoms with Gasteiger partial charge in [0.2, 0.25) is 11.8 Å². The smallest absolute Gasteiger partial charge is 0.248 e. The molecule has 1 unspecified atom stereocenters. The Bertz CT molecular complexity index is 478. The minimum Gasteiger partial charge on any atom is -0.370 e. The number of carbonyl (C=O) groups is 2. The van der Waals surface area contributed by atoms with Gasteiger partial charge in [0, 0.05) is 12.0 Å². The maximum atomic E-state index is 11.3. The van der Waals surface area contributed by atoms with Crippen LogP contribution in [0.5, 0.6) is 0 Å². The molecule has 0 aliphatic carbocycles. The highest BCUT2D eigenvalue weighted by atomic mass is 16.1. The van der Waals surface area contributed by atoms with E-state index in [-0.39, 0.29) is 17.2 Å². The maximum absolute atomic E-state index is 11.3. The second kappa shape index (κ2) is 6.55. The molecule has 0 aliphatic heterocycles. The van der Waals surface area contributed by atoms with E-state index in [0.717, 1.165) is 18.4 Å². The third-order valence-electron chi connectivity index (χ3n) is 3.75. The molecule has 2 amide bonds. The molecule has 1 rings (SSSR count). The fraction of sp³-hybridized carbons (Fsp3) is 0.500. The van der Waals surface area contributed by atoms with Crippen molar-refractivity contribution in [3.8, 4) is 0 Å². The van der Waals surface area contributed by atoms with Gasteiger partial charge in [-0.2, -0.15) is 0 Å². The van der Waals surface area contributed by atoms with Gasteiger partial charge in [-0.25, -0.2) is 0 Å². The van der Waals surface area contributed by atoms with Gasteiger partial charge in [0.1, 0.15) is 0 Å². The van der Waals surface area contributed by atoms with E-state index in [1.807, 2.05) is 12.1 Å². The highest BCUT2D eigenvalue weighted by Gasteiger charge is 2.31. The van der Waals surface area contributed by atoms with Crippen molar-refractivity contribution in [2.75, 3.05) is 0 Å². The summed E-state index contributed by atoms with van der Waals surface area (Å²) in [6.45, 7) is 6.23. The van der Waals surface area contributed by atoms with Crippen molar-refractivity contribution in [2.24, 2.45) is 16.9 Å². The Morgan fingerprint density at radius 3 is 2.10 bits per heavy atom. The van der Waals surface area contributed by atoms with E-state index in [9.17, 15) is 9.59 Å². The molecule has 1 atom stereocenters. The minimum absolute atomic E-state index is 0.212. The molecule has 0 aliphatic rings. The summed E-state index contributed by atoms with van der Waals surface area (Å²) in [6, 6.07) is 7.31. The van der Waals surface area contributed by atoms with Crippen molar-refractivity contribution in [1.29, 1.82) is 0 Å². The quantitative estimate of drug-likeness (QED) is 0.802. The first-order valence-corrected chi connectivity index (χ1v) is 6.96. The lowest BCUT2D eigenvalue weighted by Crippen LogP contribution is -2.29. The summed E-state index contributed by atoms with van der Waals surface area (Å²) in [5.74, 6) is -0.494. The van der Waals surface area contributed by atoms with Crippen molar-refractivity contribution in [3.63, 3.8) is 0 Å². The topological polar surface area (TPSA) is 86.2 Å². The average molecular weight is 276 g/mol. The lowest BCUT2D eigenvalue weighted by atomic mass is 9.70. The molecule has 0 radical (unpaired) electrons. The van der Waals surface area contributed by atoms with Gasteiger partial charge in [-0.15, -0.1) is 0 Å². The van der Waals surface area contributed by atoms with Crippen LogP contribution in [-0.4, -0.2) is 11.8 Å². The highest BCUT2D eigenvalue weighted by molar-refractivity contribution is 5.92. The zero-order valence-corrected chi connectivity index (χ0v) is 12.5. The van der Waals surface area contributed by atoms with Gasteiger partial charge in [-0.05, 0) is 35.4 Å². The Kier molecular flexibility index (Phi) is 5.31. The molecule has 4 heteroatoms. The second-order valence-electron chi connectivity index (χ2n) is 5.96. The van der Waals surface area contributed by atoms with Crippen molar-refractivity contribution in [3.05, 3.63) is 35.4 Å². The molecule has 4 nitrogen and oxygen atoms in total. The van der Waals surface area contributed by atoms with E-state index in [4.69, 9.17) is 11.5 Å². The van der Waals surface area contributed by atoms with Crippen LogP contribution in [0.2, 0.25) is 0 Å². The molecule has 0 aromatic heterocycles. The SMILES string of the molecule is CCCC(c1ccc(C(N)=O)cc1)C(C)(C)CC(N)=O. The van der Waals surface area contributed by atoms with Crippen molar-refractivity contribution in [1.82, 2.24) is 0 Å². The van der Waals surface area contributed by atoms with Crippen molar-refractivity contribution in [2.45, 2.75) is 46.0 Å². The van der Waals surface area contributed by atoms with E-state index < -0.39 is 5.91 Å². The molecule has 0 fully saturated rings. The molecule has 110 valence electrons.